The van der Waals surface area contributed by atoms with Crippen molar-refractivity contribution in [1.29, 1.82) is 10.8 Å². The van der Waals surface area contributed by atoms with E-state index in [9.17, 15) is 24.6 Å². The molecule has 6 aromatic rings. The van der Waals surface area contributed by atoms with Crippen molar-refractivity contribution in [2.45, 2.75) is 74.9 Å². The Morgan fingerprint density at radius 3 is 1.74 bits per heavy atom. The molecule has 20 heteroatoms. The van der Waals surface area contributed by atoms with Gasteiger partial charge in [0.15, 0.2) is 0 Å². The molecular weight excluding hydrogens is 865 g/mol. The molecule has 3 fully saturated rings. The molecule has 9 rings (SSSR count). The lowest BCUT2D eigenvalue weighted by Crippen LogP contribution is -2.55. The van der Waals surface area contributed by atoms with Crippen molar-refractivity contribution in [3.8, 4) is 22.3 Å². The summed E-state index contributed by atoms with van der Waals surface area (Å²) in [5.41, 5.74) is 15.5. The minimum absolute atomic E-state index is 0.0465. The van der Waals surface area contributed by atoms with Crippen LogP contribution in [0.25, 0.3) is 22.3 Å². The van der Waals surface area contributed by atoms with Gasteiger partial charge >= 0.3 is 0 Å². The summed E-state index contributed by atoms with van der Waals surface area (Å²) < 4.78 is 2.84. The second kappa shape index (κ2) is 17.9. The van der Waals surface area contributed by atoms with Gasteiger partial charge < -0.3 is 32.3 Å². The SMILES string of the molecule is CC(C(=O)N(C)C)n1cc(C(=O)NC(=N)C2(c3ccc(-c4cnc(N)nc4)cc3)CC(C3CC3NC(=O)Cn3cc(C(=O)NC(=N)C4(c5ccc(-c6cnc(N)nc6)cc5)CCC4)cn3)C2)cn1. The van der Waals surface area contributed by atoms with E-state index in [0.717, 1.165) is 59.1 Å². The highest BCUT2D eigenvalue weighted by Crippen LogP contribution is 2.57. The third-order valence-corrected chi connectivity index (χ3v) is 13.8. The largest absolute Gasteiger partial charge is 0.368 e. The monoisotopic (exact) mass is 916 g/mol. The number of anilines is 2. The normalized spacial score (nSPS) is 20.4. The van der Waals surface area contributed by atoms with Crippen LogP contribution < -0.4 is 27.4 Å². The van der Waals surface area contributed by atoms with Crippen LogP contribution in [0.4, 0.5) is 11.9 Å². The predicted octanol–water partition coefficient (Wildman–Crippen LogP) is 3.90. The first kappa shape index (κ1) is 45.0. The number of hydrogen-bond acceptors (Lipinski definition) is 14. The number of carbonyl (C=O) groups excluding carboxylic acids is 4. The Morgan fingerprint density at radius 2 is 1.22 bits per heavy atom. The summed E-state index contributed by atoms with van der Waals surface area (Å²) in [5, 5.41) is 35.6. The Balaban J connectivity index is 0.808. The first-order chi connectivity index (χ1) is 32.6. The highest BCUT2D eigenvalue weighted by atomic mass is 16.2. The molecule has 3 saturated carbocycles. The fourth-order valence-electron chi connectivity index (χ4n) is 9.51. The van der Waals surface area contributed by atoms with E-state index in [4.69, 9.17) is 16.9 Å². The first-order valence-corrected chi connectivity index (χ1v) is 22.4. The average Bonchev–Trinajstić information content (AvgIpc) is 3.61. The molecule has 0 saturated heterocycles. The van der Waals surface area contributed by atoms with Crippen molar-refractivity contribution in [2.75, 3.05) is 25.6 Å². The van der Waals surface area contributed by atoms with Gasteiger partial charge in [0.1, 0.15) is 24.3 Å². The van der Waals surface area contributed by atoms with Crippen molar-refractivity contribution in [3.05, 3.63) is 120 Å². The van der Waals surface area contributed by atoms with Crippen LogP contribution in [0.2, 0.25) is 0 Å². The Bertz CT molecular complexity index is 2900. The molecule has 3 atom stereocenters. The lowest BCUT2D eigenvalue weighted by atomic mass is 9.56. The average molecular weight is 917 g/mol. The van der Waals surface area contributed by atoms with Crippen LogP contribution in [0.3, 0.4) is 0 Å². The van der Waals surface area contributed by atoms with Gasteiger partial charge in [-0.2, -0.15) is 10.2 Å². The van der Waals surface area contributed by atoms with Crippen LogP contribution in [-0.2, 0) is 27.0 Å². The molecule has 68 heavy (non-hydrogen) atoms. The summed E-state index contributed by atoms with van der Waals surface area (Å²) in [6, 6.07) is 14.9. The highest BCUT2D eigenvalue weighted by Gasteiger charge is 2.57. The summed E-state index contributed by atoms with van der Waals surface area (Å²) in [4.78, 5) is 70.6. The van der Waals surface area contributed by atoms with Gasteiger partial charge in [-0.05, 0) is 73.1 Å². The van der Waals surface area contributed by atoms with Crippen molar-refractivity contribution < 1.29 is 19.2 Å². The predicted molar refractivity (Wildman–Crippen MR) is 252 cm³/mol. The first-order valence-electron chi connectivity index (χ1n) is 22.4. The van der Waals surface area contributed by atoms with E-state index in [0.29, 0.717) is 12.8 Å². The standard InChI is InChI=1S/C48H52N16O4/c1-27(42(68)62(2)3)64-25-34(23-58-64)41(67)61-44(50)48(36-11-7-29(8-12-36)32-20-55-46(52)56-21-32)16-30(17-48)37-15-38(37)59-39(65)26-63-24-33(22-57-63)40(66)60-43(49)47(13-4-14-47)35-9-5-28(6-10-35)31-18-53-45(51)54-19-31/h5-12,18-25,27,30,37-38H,4,13-17,26H2,1-3H3,(H,59,65)(H2,49,60,66)(H2,50,61,67)(H2,51,53,54)(H2,52,55,56). The second-order valence-corrected chi connectivity index (χ2v) is 18.3. The Labute approximate surface area is 391 Å². The molecule has 4 amide bonds. The Hall–Kier alpha value is -8.16. The quantitative estimate of drug-likeness (QED) is 0.0605. The van der Waals surface area contributed by atoms with Crippen LogP contribution >= 0.6 is 0 Å². The number of hydrogen-bond donors (Lipinski definition) is 7. The van der Waals surface area contributed by atoms with Crippen molar-refractivity contribution in [3.63, 3.8) is 0 Å². The van der Waals surface area contributed by atoms with Gasteiger partial charge in [-0.25, -0.2) is 19.9 Å². The van der Waals surface area contributed by atoms with Gasteiger partial charge in [-0.15, -0.1) is 0 Å². The number of nitrogen functional groups attached to an aromatic ring is 2. The molecule has 2 aromatic carbocycles. The number of rotatable bonds is 14. The van der Waals surface area contributed by atoms with Gasteiger partial charge in [-0.1, -0.05) is 55.0 Å². The van der Waals surface area contributed by atoms with Gasteiger partial charge in [-0.3, -0.25) is 39.4 Å². The number of amidine groups is 2. The number of benzene rings is 2. The van der Waals surface area contributed by atoms with E-state index in [1.165, 1.54) is 39.1 Å². The van der Waals surface area contributed by atoms with E-state index in [-0.39, 0.29) is 70.9 Å². The number of nitrogens with one attached hydrogen (secondary N) is 5. The fourth-order valence-corrected chi connectivity index (χ4v) is 9.51. The smallest absolute Gasteiger partial charge is 0.259 e. The third kappa shape index (κ3) is 8.79. The van der Waals surface area contributed by atoms with E-state index in [1.54, 1.807) is 45.8 Å². The number of nitrogens with two attached hydrogens (primary N) is 2. The lowest BCUT2D eigenvalue weighted by molar-refractivity contribution is -0.132. The van der Waals surface area contributed by atoms with E-state index in [2.05, 4.69) is 46.1 Å². The van der Waals surface area contributed by atoms with Gasteiger partial charge in [0.2, 0.25) is 23.7 Å². The van der Waals surface area contributed by atoms with Gasteiger partial charge in [0, 0.05) is 68.4 Å². The van der Waals surface area contributed by atoms with Crippen LogP contribution in [0.5, 0.6) is 0 Å². The molecule has 4 aromatic heterocycles. The molecule has 0 bridgehead atoms. The van der Waals surface area contributed by atoms with Crippen LogP contribution in [-0.4, -0.2) is 99.8 Å². The number of amides is 4. The molecule has 3 aliphatic carbocycles. The lowest BCUT2D eigenvalue weighted by Gasteiger charge is -2.49. The molecule has 0 spiro atoms. The molecule has 0 radical (unpaired) electrons. The minimum atomic E-state index is -0.808. The molecule has 3 unspecified atom stereocenters. The Kier molecular flexibility index (Phi) is 11.9. The Morgan fingerprint density at radius 1 is 0.721 bits per heavy atom. The number of likely N-dealkylation sites (N-methyl/N-ethyl adjacent to an activating group) is 1. The number of nitrogens with zero attached hydrogens (tertiary/aromatic N) is 9. The topological polar surface area (TPSA) is 295 Å². The maximum absolute atomic E-state index is 13.6. The molecule has 348 valence electrons. The zero-order valence-electron chi connectivity index (χ0n) is 37.8. The van der Waals surface area contributed by atoms with Gasteiger partial charge in [0.25, 0.3) is 11.8 Å². The third-order valence-electron chi connectivity index (χ3n) is 13.8. The molecule has 4 heterocycles. The second-order valence-electron chi connectivity index (χ2n) is 18.3. The molecule has 20 nitrogen and oxygen atoms in total. The minimum Gasteiger partial charge on any atom is -0.368 e. The van der Waals surface area contributed by atoms with Crippen LogP contribution in [0.15, 0.2) is 98.1 Å². The van der Waals surface area contributed by atoms with E-state index >= 15 is 0 Å². The van der Waals surface area contributed by atoms with E-state index < -0.39 is 28.7 Å². The highest BCUT2D eigenvalue weighted by molar-refractivity contribution is 6.10. The van der Waals surface area contributed by atoms with E-state index in [1.807, 2.05) is 48.5 Å². The summed E-state index contributed by atoms with van der Waals surface area (Å²) in [7, 11) is 3.30. The summed E-state index contributed by atoms with van der Waals surface area (Å²) in [6.07, 6.45) is 16.7. The maximum atomic E-state index is 13.6. The van der Waals surface area contributed by atoms with Crippen molar-refractivity contribution in [2.24, 2.45) is 11.8 Å². The molecule has 9 N–H and O–H groups in total. The fraction of sp³-hybridized carbons (Fsp3) is 0.333. The molecule has 0 aliphatic heterocycles. The summed E-state index contributed by atoms with van der Waals surface area (Å²) in [5.74, 6) is -0.545. The molecular formula is C48H52N16O4. The van der Waals surface area contributed by atoms with Crippen molar-refractivity contribution in [1.82, 2.24) is 60.3 Å². The summed E-state index contributed by atoms with van der Waals surface area (Å²) >= 11 is 0. The maximum Gasteiger partial charge on any atom is 0.259 e. The van der Waals surface area contributed by atoms with Crippen molar-refractivity contribution >= 4 is 47.2 Å². The van der Waals surface area contributed by atoms with Crippen LogP contribution in [0.1, 0.15) is 83.3 Å². The summed E-state index contributed by atoms with van der Waals surface area (Å²) in [6.45, 7) is 1.60. The zero-order chi connectivity index (χ0) is 47.9. The zero-order valence-corrected chi connectivity index (χ0v) is 37.8. The number of carbonyl (C=O) groups is 4. The van der Waals surface area contributed by atoms with Gasteiger partial charge in [0.05, 0.1) is 34.4 Å². The number of aromatic nitrogens is 8. The molecule has 3 aliphatic rings. The van der Waals surface area contributed by atoms with Crippen LogP contribution in [0, 0.1) is 22.7 Å².